The van der Waals surface area contributed by atoms with Crippen molar-refractivity contribution in [1.82, 2.24) is 31.2 Å². The van der Waals surface area contributed by atoms with Gasteiger partial charge in [-0.15, -0.1) is 0 Å². The van der Waals surface area contributed by atoms with E-state index in [1.807, 2.05) is 0 Å². The first kappa shape index (κ1) is 26.4. The molecule has 2 aromatic heterocycles. The second kappa shape index (κ2) is 15.9. The summed E-state index contributed by atoms with van der Waals surface area (Å²) in [6, 6.07) is 6.66. The lowest BCUT2D eigenvalue weighted by molar-refractivity contribution is 0.466. The average Bonchev–Trinajstić information content (AvgIpc) is 2.80. The third-order valence-corrected chi connectivity index (χ3v) is 6.20. The van der Waals surface area contributed by atoms with E-state index >= 15 is 0 Å². The molecule has 8 N–H and O–H groups in total. The second-order valence-corrected chi connectivity index (χ2v) is 9.06. The molecule has 0 fully saturated rings. The van der Waals surface area contributed by atoms with Crippen molar-refractivity contribution in [3.63, 3.8) is 0 Å². The van der Waals surface area contributed by atoms with Crippen LogP contribution in [0.25, 0.3) is 0 Å². The summed E-state index contributed by atoms with van der Waals surface area (Å²) in [5, 5.41) is 47.1. The average molecular weight is 493 g/mol. The molecule has 0 aliphatic rings. The lowest BCUT2D eigenvalue weighted by Crippen LogP contribution is -2.40. The Labute approximate surface area is 202 Å². The number of rotatable bonds is 14. The highest BCUT2D eigenvalue weighted by atomic mass is 32.2. The lowest BCUT2D eigenvalue weighted by atomic mass is 10.3. The van der Waals surface area contributed by atoms with Crippen LogP contribution in [0.2, 0.25) is 0 Å². The summed E-state index contributed by atoms with van der Waals surface area (Å²) in [5.74, 6) is 3.84. The van der Waals surface area contributed by atoms with Crippen LogP contribution < -0.4 is 21.3 Å². The van der Waals surface area contributed by atoms with Crippen LogP contribution in [0.1, 0.15) is 17.8 Å². The van der Waals surface area contributed by atoms with Gasteiger partial charge >= 0.3 is 0 Å². The monoisotopic (exact) mass is 492 g/mol. The second-order valence-electron chi connectivity index (χ2n) is 6.85. The van der Waals surface area contributed by atoms with E-state index in [2.05, 4.69) is 31.2 Å². The van der Waals surface area contributed by atoms with Crippen LogP contribution in [0.15, 0.2) is 36.7 Å². The van der Waals surface area contributed by atoms with Crippen molar-refractivity contribution in [1.29, 1.82) is 10.8 Å². The van der Waals surface area contributed by atoms with Gasteiger partial charge in [0.05, 0.1) is 11.4 Å². The fraction of sp³-hybridized carbons (Fsp3) is 0.429. The maximum absolute atomic E-state index is 9.67. The van der Waals surface area contributed by atoms with Crippen molar-refractivity contribution >= 4 is 35.4 Å². The van der Waals surface area contributed by atoms with E-state index in [1.165, 1.54) is 0 Å². The minimum atomic E-state index is 0.213. The van der Waals surface area contributed by atoms with E-state index < -0.39 is 0 Å². The van der Waals surface area contributed by atoms with Crippen LogP contribution in [0, 0.1) is 10.8 Å². The standard InChI is InChI=1S/C21H32N8O2S2/c22-20(28-10-12-32-14-16-18(30)4-1-6-24-16)26-8-3-9-27-21(23)29-11-13-33-15-17-19(31)5-2-7-25-17/h1-2,4-7,30-31H,3,8-15H2,(H3,22,26,28)(H3,23,27,29). The number of pyridine rings is 2. The zero-order valence-corrected chi connectivity index (χ0v) is 20.1. The molecular formula is C21H32N8O2S2. The highest BCUT2D eigenvalue weighted by molar-refractivity contribution is 7.98. The Kier molecular flexibility index (Phi) is 12.7. The van der Waals surface area contributed by atoms with Gasteiger partial charge in [-0.2, -0.15) is 23.5 Å². The van der Waals surface area contributed by atoms with Gasteiger partial charge in [0.15, 0.2) is 11.9 Å². The lowest BCUT2D eigenvalue weighted by Gasteiger charge is -2.12. The van der Waals surface area contributed by atoms with Crippen molar-refractivity contribution in [2.75, 3.05) is 37.7 Å². The molecule has 10 nitrogen and oxygen atoms in total. The maximum Gasteiger partial charge on any atom is 0.188 e. The molecule has 180 valence electrons. The summed E-state index contributed by atoms with van der Waals surface area (Å²) in [4.78, 5) is 8.27. The van der Waals surface area contributed by atoms with E-state index in [4.69, 9.17) is 10.8 Å². The molecule has 0 spiro atoms. The van der Waals surface area contributed by atoms with E-state index in [0.29, 0.717) is 49.1 Å². The van der Waals surface area contributed by atoms with Gasteiger partial charge in [-0.3, -0.25) is 20.8 Å². The molecule has 0 aliphatic carbocycles. The molecule has 2 aromatic rings. The number of nitrogens with zero attached hydrogens (tertiary/aromatic N) is 2. The number of aromatic nitrogens is 2. The fourth-order valence-corrected chi connectivity index (χ4v) is 4.17. The maximum atomic E-state index is 9.67. The van der Waals surface area contributed by atoms with Crippen molar-refractivity contribution in [2.24, 2.45) is 0 Å². The normalized spacial score (nSPS) is 10.4. The highest BCUT2D eigenvalue weighted by Gasteiger charge is 2.03. The third-order valence-electron chi connectivity index (χ3n) is 4.26. The van der Waals surface area contributed by atoms with Gasteiger partial charge in [0.2, 0.25) is 0 Å². The number of hydrogen-bond acceptors (Lipinski definition) is 8. The molecular weight excluding hydrogens is 460 g/mol. The molecule has 12 heteroatoms. The van der Waals surface area contributed by atoms with Gasteiger partial charge < -0.3 is 31.5 Å². The SMILES string of the molecule is N=C(NCCCNC(=N)NCCSCc1ncccc1O)NCCSCc1ncccc1O. The Balaban J connectivity index is 1.38. The minimum absolute atomic E-state index is 0.213. The first-order valence-electron chi connectivity index (χ1n) is 10.6. The quantitative estimate of drug-likeness (QED) is 0.111. The number of nitrogens with one attached hydrogen (secondary N) is 6. The Morgan fingerprint density at radius 1 is 0.727 bits per heavy atom. The molecule has 0 aromatic carbocycles. The molecule has 0 atom stereocenters. The zero-order valence-electron chi connectivity index (χ0n) is 18.4. The molecule has 0 amide bonds. The molecule has 0 aliphatic heterocycles. The zero-order chi connectivity index (χ0) is 23.7. The Bertz CT molecular complexity index is 802. The van der Waals surface area contributed by atoms with E-state index in [1.54, 1.807) is 60.2 Å². The smallest absolute Gasteiger partial charge is 0.188 e. The molecule has 0 saturated carbocycles. The molecule has 0 unspecified atom stereocenters. The molecule has 2 rings (SSSR count). The van der Waals surface area contributed by atoms with E-state index in [0.717, 1.165) is 17.9 Å². The first-order chi connectivity index (χ1) is 16.1. The first-order valence-corrected chi connectivity index (χ1v) is 12.9. The summed E-state index contributed by atoms with van der Waals surface area (Å²) >= 11 is 3.28. The predicted octanol–water partition coefficient (Wildman–Crippen LogP) is 1.67. The Hall–Kier alpha value is -2.86. The van der Waals surface area contributed by atoms with Crippen LogP contribution in [-0.2, 0) is 11.5 Å². The summed E-state index contributed by atoms with van der Waals surface area (Å²) in [6.45, 7) is 2.55. The van der Waals surface area contributed by atoms with Crippen LogP contribution >= 0.6 is 23.5 Å². The van der Waals surface area contributed by atoms with E-state index in [9.17, 15) is 10.2 Å². The Morgan fingerprint density at radius 3 is 1.58 bits per heavy atom. The molecule has 33 heavy (non-hydrogen) atoms. The largest absolute Gasteiger partial charge is 0.506 e. The van der Waals surface area contributed by atoms with Crippen molar-refractivity contribution in [3.8, 4) is 11.5 Å². The molecule has 2 heterocycles. The number of aromatic hydroxyl groups is 2. The van der Waals surface area contributed by atoms with E-state index in [-0.39, 0.29) is 23.4 Å². The van der Waals surface area contributed by atoms with Gasteiger partial charge in [-0.05, 0) is 30.7 Å². The highest BCUT2D eigenvalue weighted by Crippen LogP contribution is 2.19. The van der Waals surface area contributed by atoms with Gasteiger partial charge in [0.25, 0.3) is 0 Å². The van der Waals surface area contributed by atoms with Crippen molar-refractivity contribution in [3.05, 3.63) is 48.0 Å². The third kappa shape index (κ3) is 11.5. The fourth-order valence-electron chi connectivity index (χ4n) is 2.56. The molecule has 0 saturated heterocycles. The van der Waals surface area contributed by atoms with Crippen LogP contribution in [-0.4, -0.2) is 69.8 Å². The molecule has 0 radical (unpaired) electrons. The number of guanidine groups is 2. The summed E-state index contributed by atoms with van der Waals surface area (Å²) in [6.07, 6.45) is 4.10. The van der Waals surface area contributed by atoms with Crippen LogP contribution in [0.4, 0.5) is 0 Å². The predicted molar refractivity (Wildman–Crippen MR) is 136 cm³/mol. The van der Waals surface area contributed by atoms with Crippen molar-refractivity contribution < 1.29 is 10.2 Å². The number of thioether (sulfide) groups is 2. The topological polar surface area (TPSA) is 162 Å². The summed E-state index contributed by atoms with van der Waals surface area (Å²) < 4.78 is 0. The van der Waals surface area contributed by atoms with Gasteiger partial charge in [0.1, 0.15) is 11.5 Å². The van der Waals surface area contributed by atoms with Crippen LogP contribution in [0.5, 0.6) is 11.5 Å². The number of hydrogen-bond donors (Lipinski definition) is 8. The summed E-state index contributed by atoms with van der Waals surface area (Å²) in [5.41, 5.74) is 1.35. The Morgan fingerprint density at radius 2 is 1.15 bits per heavy atom. The van der Waals surface area contributed by atoms with Crippen LogP contribution in [0.3, 0.4) is 0 Å². The van der Waals surface area contributed by atoms with Gasteiger partial charge in [-0.25, -0.2) is 0 Å². The summed E-state index contributed by atoms with van der Waals surface area (Å²) in [7, 11) is 0. The minimum Gasteiger partial charge on any atom is -0.506 e. The molecule has 0 bridgehead atoms. The van der Waals surface area contributed by atoms with Gasteiger partial charge in [0, 0.05) is 61.6 Å². The van der Waals surface area contributed by atoms with Gasteiger partial charge in [-0.1, -0.05) is 0 Å². The van der Waals surface area contributed by atoms with Crippen molar-refractivity contribution in [2.45, 2.75) is 17.9 Å².